The zero-order valence-electron chi connectivity index (χ0n) is 14.4. The van der Waals surface area contributed by atoms with Gasteiger partial charge in [-0.2, -0.15) is 0 Å². The maximum Gasteiger partial charge on any atom is 0.0599 e. The average molecular weight is 296 g/mol. The molecule has 1 heterocycles. The predicted octanol–water partition coefficient (Wildman–Crippen LogP) is 3.42. The first-order chi connectivity index (χ1) is 10.1. The van der Waals surface area contributed by atoms with E-state index in [1.165, 1.54) is 58.0 Å². The molecule has 2 N–H and O–H groups in total. The summed E-state index contributed by atoms with van der Waals surface area (Å²) in [5.74, 6) is 1.72. The molecule has 0 aromatic carbocycles. The topological polar surface area (TPSA) is 38.5 Å². The van der Waals surface area contributed by atoms with Crippen LogP contribution < -0.4 is 5.73 Å². The molecule has 1 saturated heterocycles. The van der Waals surface area contributed by atoms with Gasteiger partial charge in [-0.05, 0) is 50.9 Å². The molecule has 0 aromatic heterocycles. The highest BCUT2D eigenvalue weighted by Crippen LogP contribution is 2.38. The van der Waals surface area contributed by atoms with Crippen LogP contribution >= 0.6 is 0 Å². The minimum absolute atomic E-state index is 0.279. The summed E-state index contributed by atoms with van der Waals surface area (Å²) in [7, 11) is 0. The summed E-state index contributed by atoms with van der Waals surface area (Å²) < 4.78 is 5.80. The first-order valence-electron chi connectivity index (χ1n) is 9.18. The SMILES string of the molecule is CCOC1CCN(C2(CN)CCCC(C(C)C)CC2)CC1. The molecule has 0 bridgehead atoms. The van der Waals surface area contributed by atoms with Crippen molar-refractivity contribution in [1.82, 2.24) is 4.90 Å². The molecule has 2 atom stereocenters. The molecule has 0 aromatic rings. The fraction of sp³-hybridized carbons (Fsp3) is 1.00. The van der Waals surface area contributed by atoms with Gasteiger partial charge >= 0.3 is 0 Å². The Bertz CT molecular complexity index is 300. The van der Waals surface area contributed by atoms with Crippen LogP contribution in [-0.4, -0.2) is 42.8 Å². The van der Waals surface area contributed by atoms with E-state index in [1.54, 1.807) is 0 Å². The zero-order valence-corrected chi connectivity index (χ0v) is 14.4. The summed E-state index contributed by atoms with van der Waals surface area (Å²) in [4.78, 5) is 2.71. The van der Waals surface area contributed by atoms with Crippen molar-refractivity contribution in [1.29, 1.82) is 0 Å². The Morgan fingerprint density at radius 2 is 1.86 bits per heavy atom. The van der Waals surface area contributed by atoms with Gasteiger partial charge in [0.15, 0.2) is 0 Å². The van der Waals surface area contributed by atoms with Gasteiger partial charge in [0.1, 0.15) is 0 Å². The zero-order chi connectivity index (χ0) is 15.3. The maximum absolute atomic E-state index is 6.28. The Labute approximate surface area is 131 Å². The molecule has 0 amide bonds. The summed E-state index contributed by atoms with van der Waals surface area (Å²) in [6.45, 7) is 10.9. The number of piperidine rings is 1. The maximum atomic E-state index is 6.28. The Morgan fingerprint density at radius 1 is 1.14 bits per heavy atom. The highest BCUT2D eigenvalue weighted by Gasteiger charge is 2.39. The van der Waals surface area contributed by atoms with Gasteiger partial charge in [0.05, 0.1) is 6.10 Å². The largest absolute Gasteiger partial charge is 0.378 e. The molecule has 3 heteroatoms. The molecular weight excluding hydrogens is 260 g/mol. The highest BCUT2D eigenvalue weighted by molar-refractivity contribution is 4.96. The van der Waals surface area contributed by atoms with E-state index in [1.807, 2.05) is 0 Å². The lowest BCUT2D eigenvalue weighted by Crippen LogP contribution is -2.56. The third-order valence-electron chi connectivity index (χ3n) is 6.04. The van der Waals surface area contributed by atoms with Gasteiger partial charge in [-0.3, -0.25) is 4.90 Å². The first kappa shape index (κ1) is 17.2. The molecule has 1 saturated carbocycles. The molecule has 21 heavy (non-hydrogen) atoms. The van der Waals surface area contributed by atoms with Crippen LogP contribution in [0.4, 0.5) is 0 Å². The van der Waals surface area contributed by atoms with Crippen molar-refractivity contribution < 1.29 is 4.74 Å². The Balaban J connectivity index is 1.95. The highest BCUT2D eigenvalue weighted by atomic mass is 16.5. The van der Waals surface area contributed by atoms with Crippen molar-refractivity contribution in [2.24, 2.45) is 17.6 Å². The predicted molar refractivity (Wildman–Crippen MR) is 89.4 cm³/mol. The van der Waals surface area contributed by atoms with Gasteiger partial charge in [-0.25, -0.2) is 0 Å². The molecule has 124 valence electrons. The van der Waals surface area contributed by atoms with Crippen LogP contribution in [-0.2, 0) is 4.74 Å². The summed E-state index contributed by atoms with van der Waals surface area (Å²) in [5, 5.41) is 0. The fourth-order valence-electron chi connectivity index (χ4n) is 4.47. The van der Waals surface area contributed by atoms with Gasteiger partial charge in [0.25, 0.3) is 0 Å². The molecule has 1 aliphatic heterocycles. The Morgan fingerprint density at radius 3 is 2.43 bits per heavy atom. The number of likely N-dealkylation sites (tertiary alicyclic amines) is 1. The Hall–Kier alpha value is -0.120. The van der Waals surface area contributed by atoms with Crippen LogP contribution in [0.15, 0.2) is 0 Å². The molecule has 2 rings (SSSR count). The van der Waals surface area contributed by atoms with E-state index in [-0.39, 0.29) is 5.54 Å². The van der Waals surface area contributed by atoms with Crippen molar-refractivity contribution in [3.63, 3.8) is 0 Å². The normalized spacial score (nSPS) is 33.3. The van der Waals surface area contributed by atoms with Crippen molar-refractivity contribution in [2.75, 3.05) is 26.2 Å². The average Bonchev–Trinajstić information content (AvgIpc) is 2.72. The number of nitrogens with zero attached hydrogens (tertiary/aromatic N) is 1. The van der Waals surface area contributed by atoms with Gasteiger partial charge in [-0.15, -0.1) is 0 Å². The number of hydrogen-bond acceptors (Lipinski definition) is 3. The fourth-order valence-corrected chi connectivity index (χ4v) is 4.47. The van der Waals surface area contributed by atoms with Crippen LogP contribution in [0.25, 0.3) is 0 Å². The van der Waals surface area contributed by atoms with Gasteiger partial charge in [-0.1, -0.05) is 26.7 Å². The van der Waals surface area contributed by atoms with Crippen molar-refractivity contribution in [3.8, 4) is 0 Å². The van der Waals surface area contributed by atoms with Gasteiger partial charge in [0, 0.05) is 31.8 Å². The number of rotatable bonds is 5. The summed E-state index contributed by atoms with van der Waals surface area (Å²) in [5.41, 5.74) is 6.56. The minimum Gasteiger partial charge on any atom is -0.378 e. The summed E-state index contributed by atoms with van der Waals surface area (Å²) >= 11 is 0. The smallest absolute Gasteiger partial charge is 0.0599 e. The van der Waals surface area contributed by atoms with E-state index in [9.17, 15) is 0 Å². The quantitative estimate of drug-likeness (QED) is 0.790. The standard InChI is InChI=1S/C18H36N2O/c1-4-21-17-8-12-20(13-9-17)18(14-19)10-5-6-16(7-11-18)15(2)3/h15-17H,4-14,19H2,1-3H3. The lowest BCUT2D eigenvalue weighted by Gasteiger charge is -2.46. The molecule has 0 radical (unpaired) electrons. The molecule has 1 aliphatic carbocycles. The number of hydrogen-bond donors (Lipinski definition) is 1. The van der Waals surface area contributed by atoms with E-state index in [4.69, 9.17) is 10.5 Å². The van der Waals surface area contributed by atoms with Crippen LogP contribution in [0.2, 0.25) is 0 Å². The van der Waals surface area contributed by atoms with E-state index >= 15 is 0 Å². The van der Waals surface area contributed by atoms with E-state index in [0.717, 1.165) is 25.0 Å². The van der Waals surface area contributed by atoms with E-state index in [0.29, 0.717) is 6.10 Å². The number of ether oxygens (including phenoxy) is 1. The summed E-state index contributed by atoms with van der Waals surface area (Å²) in [6.07, 6.45) is 9.56. The minimum atomic E-state index is 0.279. The second-order valence-electron chi connectivity index (χ2n) is 7.51. The van der Waals surface area contributed by atoms with E-state index in [2.05, 4.69) is 25.7 Å². The molecular formula is C18H36N2O. The van der Waals surface area contributed by atoms with E-state index < -0.39 is 0 Å². The third-order valence-corrected chi connectivity index (χ3v) is 6.04. The molecule has 2 aliphatic rings. The molecule has 2 unspecified atom stereocenters. The van der Waals surface area contributed by atoms with Crippen molar-refractivity contribution in [2.45, 2.75) is 77.4 Å². The Kier molecular flexibility index (Phi) is 6.51. The van der Waals surface area contributed by atoms with Crippen LogP contribution in [0.5, 0.6) is 0 Å². The third kappa shape index (κ3) is 4.20. The lowest BCUT2D eigenvalue weighted by atomic mass is 9.84. The molecule has 3 nitrogen and oxygen atoms in total. The van der Waals surface area contributed by atoms with Crippen molar-refractivity contribution >= 4 is 0 Å². The molecule has 2 fully saturated rings. The summed E-state index contributed by atoms with van der Waals surface area (Å²) in [6, 6.07) is 0. The van der Waals surface area contributed by atoms with Crippen LogP contribution in [0.1, 0.15) is 65.7 Å². The second kappa shape index (κ2) is 7.94. The van der Waals surface area contributed by atoms with Gasteiger partial charge < -0.3 is 10.5 Å². The lowest BCUT2D eigenvalue weighted by molar-refractivity contribution is -0.0229. The van der Waals surface area contributed by atoms with Gasteiger partial charge in [0.2, 0.25) is 0 Å². The second-order valence-corrected chi connectivity index (χ2v) is 7.51. The monoisotopic (exact) mass is 296 g/mol. The molecule has 0 spiro atoms. The van der Waals surface area contributed by atoms with Crippen molar-refractivity contribution in [3.05, 3.63) is 0 Å². The first-order valence-corrected chi connectivity index (χ1v) is 9.18. The van der Waals surface area contributed by atoms with Crippen LogP contribution in [0, 0.1) is 11.8 Å². The number of nitrogens with two attached hydrogens (primary N) is 1. The van der Waals surface area contributed by atoms with Crippen LogP contribution in [0.3, 0.4) is 0 Å².